The molecule has 0 amide bonds. The van der Waals surface area contributed by atoms with E-state index in [4.69, 9.17) is 14.5 Å². The van der Waals surface area contributed by atoms with Crippen molar-refractivity contribution in [3.63, 3.8) is 0 Å². The first-order valence-electron chi connectivity index (χ1n) is 11.9. The summed E-state index contributed by atoms with van der Waals surface area (Å²) in [7, 11) is -3.53. The standard InChI is InChI=1S/C24H30N6O4S/c1-18-25-11-7-23(30(18)20-8-14-33-15-9-20)22-6-10-26-24(28-22)27-19-2-4-21(5-3-19)35(31,32)29-12-16-34-17-13-29/h2-7,10,20H,8-9,11-17H2,1H3,(H,26,27,28). The third-order valence-corrected chi connectivity index (χ3v) is 8.32. The molecular formula is C24H30N6O4S. The summed E-state index contributed by atoms with van der Waals surface area (Å²) in [6.07, 6.45) is 5.71. The summed E-state index contributed by atoms with van der Waals surface area (Å²) >= 11 is 0. The van der Waals surface area contributed by atoms with Crippen LogP contribution in [0.25, 0.3) is 5.70 Å². The highest BCUT2D eigenvalue weighted by Gasteiger charge is 2.29. The highest BCUT2D eigenvalue weighted by atomic mass is 32.2. The third kappa shape index (κ3) is 5.22. The van der Waals surface area contributed by atoms with Crippen LogP contribution in [0.2, 0.25) is 0 Å². The molecule has 11 heteroatoms. The topological polar surface area (TPSA) is 109 Å². The van der Waals surface area contributed by atoms with Gasteiger partial charge in [-0.1, -0.05) is 0 Å². The van der Waals surface area contributed by atoms with Gasteiger partial charge in [0.1, 0.15) is 5.84 Å². The van der Waals surface area contributed by atoms with Crippen molar-refractivity contribution >= 4 is 33.2 Å². The van der Waals surface area contributed by atoms with Gasteiger partial charge in [-0.15, -0.1) is 0 Å². The maximum atomic E-state index is 12.9. The molecule has 0 bridgehead atoms. The van der Waals surface area contributed by atoms with Crippen molar-refractivity contribution in [3.8, 4) is 0 Å². The molecule has 186 valence electrons. The number of morpholine rings is 1. The van der Waals surface area contributed by atoms with E-state index in [-0.39, 0.29) is 4.90 Å². The number of aromatic nitrogens is 2. The normalized spacial score (nSPS) is 20.3. The molecule has 1 aromatic heterocycles. The number of sulfonamides is 1. The number of aliphatic imine (C=N–C) groups is 1. The van der Waals surface area contributed by atoms with Crippen LogP contribution >= 0.6 is 0 Å². The van der Waals surface area contributed by atoms with Gasteiger partial charge in [0, 0.05) is 44.2 Å². The van der Waals surface area contributed by atoms with E-state index < -0.39 is 10.0 Å². The number of nitrogens with one attached hydrogen (secondary N) is 1. The Morgan fingerprint density at radius 2 is 1.71 bits per heavy atom. The predicted molar refractivity (Wildman–Crippen MR) is 133 cm³/mol. The summed E-state index contributed by atoms with van der Waals surface area (Å²) in [5, 5.41) is 3.20. The minimum absolute atomic E-state index is 0.258. The molecular weight excluding hydrogens is 468 g/mol. The quantitative estimate of drug-likeness (QED) is 0.647. The molecule has 35 heavy (non-hydrogen) atoms. The van der Waals surface area contributed by atoms with Crippen molar-refractivity contribution in [2.75, 3.05) is 51.4 Å². The number of hydrogen-bond acceptors (Lipinski definition) is 9. The van der Waals surface area contributed by atoms with Gasteiger partial charge < -0.3 is 19.7 Å². The van der Waals surface area contributed by atoms with Gasteiger partial charge in [0.05, 0.1) is 36.0 Å². The van der Waals surface area contributed by atoms with E-state index in [0.717, 1.165) is 43.3 Å². The molecule has 0 radical (unpaired) electrons. The molecule has 10 nitrogen and oxygen atoms in total. The van der Waals surface area contributed by atoms with Crippen LogP contribution < -0.4 is 5.32 Å². The van der Waals surface area contributed by atoms with Crippen LogP contribution in [-0.2, 0) is 19.5 Å². The van der Waals surface area contributed by atoms with E-state index >= 15 is 0 Å². The van der Waals surface area contributed by atoms with Crippen molar-refractivity contribution in [1.82, 2.24) is 19.2 Å². The van der Waals surface area contributed by atoms with E-state index in [2.05, 4.69) is 26.3 Å². The lowest BCUT2D eigenvalue weighted by molar-refractivity contribution is 0.0656. The number of nitrogens with zero attached hydrogens (tertiary/aromatic N) is 5. The molecule has 1 N–H and O–H groups in total. The fraction of sp³-hybridized carbons (Fsp3) is 0.458. The molecule has 3 aliphatic rings. The molecule has 3 aliphatic heterocycles. The largest absolute Gasteiger partial charge is 0.381 e. The van der Waals surface area contributed by atoms with Crippen molar-refractivity contribution in [3.05, 3.63) is 48.3 Å². The van der Waals surface area contributed by atoms with E-state index in [1.54, 1.807) is 30.5 Å². The zero-order valence-corrected chi connectivity index (χ0v) is 20.6. The fourth-order valence-electron chi connectivity index (χ4n) is 4.58. The maximum absolute atomic E-state index is 12.9. The minimum atomic E-state index is -3.53. The highest BCUT2D eigenvalue weighted by Crippen LogP contribution is 2.29. The number of benzene rings is 1. The van der Waals surface area contributed by atoms with Gasteiger partial charge in [0.2, 0.25) is 16.0 Å². The average Bonchev–Trinajstić information content (AvgIpc) is 2.90. The predicted octanol–water partition coefficient (Wildman–Crippen LogP) is 2.50. The van der Waals surface area contributed by atoms with E-state index in [0.29, 0.717) is 50.5 Å². The first-order chi connectivity index (χ1) is 17.0. The Kier molecular flexibility index (Phi) is 7.09. The van der Waals surface area contributed by atoms with Crippen LogP contribution in [-0.4, -0.2) is 85.5 Å². The number of hydrogen-bond donors (Lipinski definition) is 1. The van der Waals surface area contributed by atoms with Crippen molar-refractivity contribution < 1.29 is 17.9 Å². The summed E-state index contributed by atoms with van der Waals surface area (Å²) in [5.74, 6) is 1.43. The van der Waals surface area contributed by atoms with Gasteiger partial charge in [-0.25, -0.2) is 18.4 Å². The Balaban J connectivity index is 1.32. The van der Waals surface area contributed by atoms with Gasteiger partial charge in [0.25, 0.3) is 0 Å². The van der Waals surface area contributed by atoms with Crippen molar-refractivity contribution in [2.24, 2.45) is 4.99 Å². The Bertz CT molecular complexity index is 1200. The molecule has 0 saturated carbocycles. The lowest BCUT2D eigenvalue weighted by Crippen LogP contribution is -2.42. The fourth-order valence-corrected chi connectivity index (χ4v) is 5.99. The molecule has 4 heterocycles. The van der Waals surface area contributed by atoms with Crippen LogP contribution in [0.5, 0.6) is 0 Å². The van der Waals surface area contributed by atoms with E-state index in [1.807, 2.05) is 13.0 Å². The number of amidine groups is 1. The van der Waals surface area contributed by atoms with Crippen molar-refractivity contribution in [2.45, 2.75) is 30.7 Å². The van der Waals surface area contributed by atoms with E-state index in [1.165, 1.54) is 4.31 Å². The second-order valence-electron chi connectivity index (χ2n) is 8.62. The summed E-state index contributed by atoms with van der Waals surface area (Å²) < 4.78 is 38.0. The Labute approximate surface area is 205 Å². The second-order valence-corrected chi connectivity index (χ2v) is 10.6. The Morgan fingerprint density at radius 3 is 2.46 bits per heavy atom. The molecule has 0 unspecified atom stereocenters. The first-order valence-corrected chi connectivity index (χ1v) is 13.3. The third-order valence-electron chi connectivity index (χ3n) is 6.41. The molecule has 1 aromatic carbocycles. The van der Waals surface area contributed by atoms with Gasteiger partial charge in [-0.05, 0) is 56.2 Å². The smallest absolute Gasteiger partial charge is 0.243 e. The minimum Gasteiger partial charge on any atom is -0.381 e. The van der Waals surface area contributed by atoms with Gasteiger partial charge in [0.15, 0.2) is 0 Å². The molecule has 0 spiro atoms. The molecule has 0 atom stereocenters. The summed E-state index contributed by atoms with van der Waals surface area (Å²) in [6, 6.07) is 8.90. The van der Waals surface area contributed by atoms with Crippen LogP contribution in [0.15, 0.2) is 52.5 Å². The molecule has 2 fully saturated rings. The van der Waals surface area contributed by atoms with Crippen LogP contribution in [0.1, 0.15) is 25.5 Å². The number of ether oxygens (including phenoxy) is 2. The zero-order valence-electron chi connectivity index (χ0n) is 19.8. The summed E-state index contributed by atoms with van der Waals surface area (Å²) in [6.45, 7) is 5.72. The summed E-state index contributed by atoms with van der Waals surface area (Å²) in [5.41, 5.74) is 2.55. The highest BCUT2D eigenvalue weighted by molar-refractivity contribution is 7.89. The Morgan fingerprint density at radius 1 is 1.00 bits per heavy atom. The lowest BCUT2D eigenvalue weighted by Gasteiger charge is -2.38. The monoisotopic (exact) mass is 498 g/mol. The van der Waals surface area contributed by atoms with Crippen LogP contribution in [0.4, 0.5) is 11.6 Å². The molecule has 2 aromatic rings. The average molecular weight is 499 g/mol. The SMILES string of the molecule is CC1=NCC=C(c2ccnc(Nc3ccc(S(=O)(=O)N4CCOCC4)cc3)n2)N1C1CCOCC1. The lowest BCUT2D eigenvalue weighted by atomic mass is 10.0. The van der Waals surface area contributed by atoms with Gasteiger partial charge in [-0.2, -0.15) is 4.31 Å². The van der Waals surface area contributed by atoms with Crippen molar-refractivity contribution in [1.29, 1.82) is 0 Å². The Hall–Kier alpha value is -2.86. The zero-order chi connectivity index (χ0) is 24.3. The molecule has 5 rings (SSSR count). The second kappa shape index (κ2) is 10.4. The summed E-state index contributed by atoms with van der Waals surface area (Å²) in [4.78, 5) is 16.3. The number of rotatable bonds is 6. The van der Waals surface area contributed by atoms with Crippen LogP contribution in [0.3, 0.4) is 0 Å². The van der Waals surface area contributed by atoms with Gasteiger partial charge >= 0.3 is 0 Å². The van der Waals surface area contributed by atoms with Gasteiger partial charge in [-0.3, -0.25) is 4.99 Å². The first kappa shape index (κ1) is 23.9. The maximum Gasteiger partial charge on any atom is 0.243 e. The number of anilines is 2. The molecule has 0 aliphatic carbocycles. The molecule has 2 saturated heterocycles. The van der Waals surface area contributed by atoms with Crippen LogP contribution in [0, 0.1) is 0 Å². The van der Waals surface area contributed by atoms with E-state index in [9.17, 15) is 8.42 Å².